The Morgan fingerprint density at radius 2 is 1.17 bits per heavy atom. The second-order valence-electron chi connectivity index (χ2n) is 4.53. The Morgan fingerprint density at radius 3 is 1.61 bits per heavy atom. The average molecular weight is 242 g/mol. The summed E-state index contributed by atoms with van der Waals surface area (Å²) in [6.07, 6.45) is 0. The quantitative estimate of drug-likeness (QED) is 0.745. The molecular formula is C14H10O4. The molecule has 0 bridgehead atoms. The van der Waals surface area contributed by atoms with Gasteiger partial charge in [-0.2, -0.15) is 0 Å². The van der Waals surface area contributed by atoms with Gasteiger partial charge in [0.25, 0.3) is 0 Å². The topological polar surface area (TPSA) is 58.9 Å². The number of benzene rings is 2. The van der Waals surface area contributed by atoms with Crippen LogP contribution in [0.4, 0.5) is 0 Å². The highest BCUT2D eigenvalue weighted by atomic mass is 16.5. The molecule has 2 aliphatic rings. The maximum Gasteiger partial charge on any atom is 0.131 e. The van der Waals surface area contributed by atoms with Crippen LogP contribution in [0.2, 0.25) is 0 Å². The van der Waals surface area contributed by atoms with E-state index in [-0.39, 0.29) is 11.5 Å². The van der Waals surface area contributed by atoms with Crippen molar-refractivity contribution in [3.05, 3.63) is 35.4 Å². The Balaban J connectivity index is 2.10. The number of hydrogen-bond acceptors (Lipinski definition) is 4. The van der Waals surface area contributed by atoms with E-state index in [4.69, 9.17) is 9.47 Å². The Bertz CT molecular complexity index is 566. The molecule has 4 rings (SSSR count). The summed E-state index contributed by atoms with van der Waals surface area (Å²) >= 11 is 0. The van der Waals surface area contributed by atoms with E-state index in [0.717, 1.165) is 22.3 Å². The molecule has 0 radical (unpaired) electrons. The van der Waals surface area contributed by atoms with Crippen LogP contribution in [-0.4, -0.2) is 10.2 Å². The van der Waals surface area contributed by atoms with Crippen LogP contribution in [0.15, 0.2) is 24.3 Å². The van der Waals surface area contributed by atoms with E-state index < -0.39 is 0 Å². The third kappa shape index (κ3) is 1.14. The minimum absolute atomic E-state index is 0.179. The zero-order valence-electron chi connectivity index (χ0n) is 9.43. The molecule has 0 saturated carbocycles. The fraction of sp³-hybridized carbons (Fsp3) is 0.143. The van der Waals surface area contributed by atoms with Crippen molar-refractivity contribution in [2.45, 2.75) is 13.2 Å². The molecule has 0 amide bonds. The molecule has 0 spiro atoms. The van der Waals surface area contributed by atoms with Crippen LogP contribution in [0.5, 0.6) is 23.0 Å². The van der Waals surface area contributed by atoms with Crippen LogP contribution in [-0.2, 0) is 13.2 Å². The van der Waals surface area contributed by atoms with Gasteiger partial charge in [0.1, 0.15) is 36.2 Å². The standard InChI is InChI=1S/C14H10O4/c15-9-1-7-5-17-12-4-10(16)2-8-6-18-11(3-9)13(7)14(8)12/h1-4,15-16H,5-6H2. The van der Waals surface area contributed by atoms with Crippen molar-refractivity contribution >= 4 is 0 Å². The number of ether oxygens (including phenoxy) is 2. The van der Waals surface area contributed by atoms with Gasteiger partial charge in [0.2, 0.25) is 0 Å². The molecule has 4 nitrogen and oxygen atoms in total. The highest BCUT2D eigenvalue weighted by molar-refractivity contribution is 5.85. The average Bonchev–Trinajstić information content (AvgIpc) is 2.34. The molecule has 2 heterocycles. The van der Waals surface area contributed by atoms with E-state index in [1.54, 1.807) is 24.3 Å². The Morgan fingerprint density at radius 1 is 0.722 bits per heavy atom. The summed E-state index contributed by atoms with van der Waals surface area (Å²) in [7, 11) is 0. The van der Waals surface area contributed by atoms with E-state index in [1.807, 2.05) is 0 Å². The lowest BCUT2D eigenvalue weighted by molar-refractivity contribution is 0.274. The first-order valence-corrected chi connectivity index (χ1v) is 5.70. The van der Waals surface area contributed by atoms with Gasteiger partial charge >= 0.3 is 0 Å². The molecule has 4 heteroatoms. The molecule has 0 saturated heterocycles. The van der Waals surface area contributed by atoms with Crippen LogP contribution in [0.25, 0.3) is 11.1 Å². The van der Waals surface area contributed by atoms with E-state index in [2.05, 4.69) is 0 Å². The molecule has 2 aromatic carbocycles. The fourth-order valence-electron chi connectivity index (χ4n) is 2.65. The molecule has 0 atom stereocenters. The molecule has 18 heavy (non-hydrogen) atoms. The van der Waals surface area contributed by atoms with Gasteiger partial charge in [-0.3, -0.25) is 0 Å². The first-order chi connectivity index (χ1) is 8.72. The van der Waals surface area contributed by atoms with Gasteiger partial charge in [0.05, 0.1) is 0 Å². The van der Waals surface area contributed by atoms with E-state index >= 15 is 0 Å². The zero-order valence-corrected chi connectivity index (χ0v) is 9.43. The molecule has 2 N–H and O–H groups in total. The molecule has 90 valence electrons. The predicted octanol–water partition coefficient (Wildman–Crippen LogP) is 2.55. The van der Waals surface area contributed by atoms with Gasteiger partial charge in [-0.05, 0) is 12.1 Å². The second kappa shape index (κ2) is 3.10. The predicted molar refractivity (Wildman–Crippen MR) is 63.9 cm³/mol. The number of phenols is 2. The third-order valence-electron chi connectivity index (χ3n) is 3.35. The summed E-state index contributed by atoms with van der Waals surface area (Å²) in [6.45, 7) is 0.742. The normalized spacial score (nSPS) is 14.4. The monoisotopic (exact) mass is 242 g/mol. The lowest BCUT2D eigenvalue weighted by Crippen LogP contribution is -2.14. The summed E-state index contributed by atoms with van der Waals surface area (Å²) in [4.78, 5) is 0. The zero-order chi connectivity index (χ0) is 12.3. The van der Waals surface area contributed by atoms with Crippen LogP contribution < -0.4 is 9.47 Å². The maximum atomic E-state index is 9.64. The van der Waals surface area contributed by atoms with Crippen LogP contribution in [0, 0.1) is 0 Å². The highest BCUT2D eigenvalue weighted by Crippen LogP contribution is 2.50. The summed E-state index contributed by atoms with van der Waals surface area (Å²) in [5, 5.41) is 19.3. The van der Waals surface area contributed by atoms with Crippen molar-refractivity contribution in [1.29, 1.82) is 0 Å². The minimum Gasteiger partial charge on any atom is -0.508 e. The van der Waals surface area contributed by atoms with E-state index in [0.29, 0.717) is 24.7 Å². The smallest absolute Gasteiger partial charge is 0.131 e. The summed E-state index contributed by atoms with van der Waals surface area (Å²) < 4.78 is 11.3. The maximum absolute atomic E-state index is 9.64. The molecule has 0 unspecified atom stereocenters. The number of rotatable bonds is 0. The summed E-state index contributed by atoms with van der Waals surface area (Å²) in [5.74, 6) is 1.71. The van der Waals surface area contributed by atoms with Crippen molar-refractivity contribution < 1.29 is 19.7 Å². The van der Waals surface area contributed by atoms with Gasteiger partial charge in [0, 0.05) is 34.4 Å². The highest BCUT2D eigenvalue weighted by Gasteiger charge is 2.29. The van der Waals surface area contributed by atoms with E-state index in [9.17, 15) is 10.2 Å². The van der Waals surface area contributed by atoms with Crippen molar-refractivity contribution in [1.82, 2.24) is 0 Å². The van der Waals surface area contributed by atoms with Crippen LogP contribution in [0.3, 0.4) is 0 Å². The largest absolute Gasteiger partial charge is 0.508 e. The Hall–Kier alpha value is -2.36. The SMILES string of the molecule is Oc1cc2c3c(c1)OCc1cc(O)cc(c1-3)OC2. The van der Waals surface area contributed by atoms with Crippen molar-refractivity contribution in [3.8, 4) is 34.1 Å². The Kier molecular flexibility index (Phi) is 1.66. The lowest BCUT2D eigenvalue weighted by Gasteiger charge is -2.29. The summed E-state index contributed by atoms with van der Waals surface area (Å²) in [6, 6.07) is 6.60. The molecular weight excluding hydrogens is 232 g/mol. The lowest BCUT2D eigenvalue weighted by atomic mass is 9.90. The molecule has 0 fully saturated rings. The first kappa shape index (κ1) is 9.65. The van der Waals surface area contributed by atoms with Gasteiger partial charge in [-0.1, -0.05) is 0 Å². The second-order valence-corrected chi connectivity index (χ2v) is 4.53. The number of phenolic OH excluding ortho intramolecular Hbond substituents is 2. The number of hydrogen-bond donors (Lipinski definition) is 2. The van der Waals surface area contributed by atoms with Crippen molar-refractivity contribution in [2.75, 3.05) is 0 Å². The van der Waals surface area contributed by atoms with Gasteiger partial charge in [-0.15, -0.1) is 0 Å². The molecule has 0 aliphatic carbocycles. The third-order valence-corrected chi connectivity index (χ3v) is 3.35. The van der Waals surface area contributed by atoms with Crippen molar-refractivity contribution in [3.63, 3.8) is 0 Å². The van der Waals surface area contributed by atoms with Gasteiger partial charge in [0.15, 0.2) is 0 Å². The summed E-state index contributed by atoms with van der Waals surface area (Å²) in [5.41, 5.74) is 3.75. The minimum atomic E-state index is 0.179. The fourth-order valence-corrected chi connectivity index (χ4v) is 2.65. The first-order valence-electron chi connectivity index (χ1n) is 5.70. The van der Waals surface area contributed by atoms with Gasteiger partial charge in [-0.25, -0.2) is 0 Å². The van der Waals surface area contributed by atoms with Gasteiger partial charge < -0.3 is 19.7 Å². The Labute approximate surface area is 103 Å². The molecule has 2 aromatic rings. The van der Waals surface area contributed by atoms with Crippen molar-refractivity contribution in [2.24, 2.45) is 0 Å². The molecule has 2 aliphatic heterocycles. The van der Waals surface area contributed by atoms with E-state index in [1.165, 1.54) is 0 Å². The molecule has 0 aromatic heterocycles. The van der Waals surface area contributed by atoms with Crippen LogP contribution >= 0.6 is 0 Å². The number of aromatic hydroxyl groups is 2. The van der Waals surface area contributed by atoms with Crippen LogP contribution in [0.1, 0.15) is 11.1 Å².